The summed E-state index contributed by atoms with van der Waals surface area (Å²) in [6.07, 6.45) is 0.148. The molecule has 2 nitrogen and oxygen atoms in total. The number of benzene rings is 1. The van der Waals surface area contributed by atoms with Gasteiger partial charge in [-0.1, -0.05) is 18.5 Å². The Hall–Kier alpha value is -1.16. The summed E-state index contributed by atoms with van der Waals surface area (Å²) in [5.74, 6) is -4.61. The molecule has 15 heavy (non-hydrogen) atoms. The molecule has 0 fully saturated rings. The highest BCUT2D eigenvalue weighted by Gasteiger charge is 2.25. The minimum absolute atomic E-state index is 0.0665. The Balaban J connectivity index is 3.34. The summed E-state index contributed by atoms with van der Waals surface area (Å²) in [5.41, 5.74) is -0.285. The van der Waals surface area contributed by atoms with Gasteiger partial charge in [-0.3, -0.25) is 4.79 Å². The van der Waals surface area contributed by atoms with Crippen molar-refractivity contribution in [1.82, 2.24) is 0 Å². The maximum Gasteiger partial charge on any atom is 0.311 e. The fraction of sp³-hybridized carbons (Fsp3) is 0.300. The molecule has 0 saturated carbocycles. The lowest BCUT2D eigenvalue weighted by Crippen LogP contribution is -2.13. The first-order valence-corrected chi connectivity index (χ1v) is 4.73. The Morgan fingerprint density at radius 2 is 2.13 bits per heavy atom. The Bertz CT molecular complexity index is 393. The highest BCUT2D eigenvalue weighted by Crippen LogP contribution is 2.31. The van der Waals surface area contributed by atoms with Crippen molar-refractivity contribution >= 4 is 17.6 Å². The minimum Gasteiger partial charge on any atom is -0.481 e. The van der Waals surface area contributed by atoms with Gasteiger partial charge < -0.3 is 5.11 Å². The second-order valence-electron chi connectivity index (χ2n) is 3.06. The van der Waals surface area contributed by atoms with Crippen molar-refractivity contribution in [2.24, 2.45) is 0 Å². The van der Waals surface area contributed by atoms with Gasteiger partial charge in [0.25, 0.3) is 0 Å². The van der Waals surface area contributed by atoms with Gasteiger partial charge in [-0.05, 0) is 18.6 Å². The third-order valence-corrected chi connectivity index (χ3v) is 2.46. The van der Waals surface area contributed by atoms with Crippen LogP contribution in [0.25, 0.3) is 0 Å². The summed E-state index contributed by atoms with van der Waals surface area (Å²) < 4.78 is 26.2. The van der Waals surface area contributed by atoms with Crippen LogP contribution in [0.3, 0.4) is 0 Å². The second-order valence-corrected chi connectivity index (χ2v) is 3.46. The zero-order valence-electron chi connectivity index (χ0n) is 7.93. The van der Waals surface area contributed by atoms with Gasteiger partial charge in [0.15, 0.2) is 11.6 Å². The first kappa shape index (κ1) is 11.9. The van der Waals surface area contributed by atoms with Crippen LogP contribution in [-0.4, -0.2) is 11.1 Å². The van der Waals surface area contributed by atoms with Gasteiger partial charge in [0.1, 0.15) is 0 Å². The van der Waals surface area contributed by atoms with Gasteiger partial charge in [0.2, 0.25) is 0 Å². The fourth-order valence-corrected chi connectivity index (χ4v) is 1.64. The molecular formula is C10H9ClF2O2. The Labute approximate surface area is 90.5 Å². The molecule has 0 aliphatic rings. The van der Waals surface area contributed by atoms with Crippen LogP contribution in [0.4, 0.5) is 8.78 Å². The average molecular weight is 235 g/mol. The SMILES string of the molecule is CCC(C(=O)O)c1c(Cl)ccc(F)c1F. The Morgan fingerprint density at radius 1 is 1.53 bits per heavy atom. The summed E-state index contributed by atoms with van der Waals surface area (Å²) in [5, 5.41) is 8.75. The standard InChI is InChI=1S/C10H9ClF2O2/c1-2-5(10(14)15)8-6(11)3-4-7(12)9(8)13/h3-5H,2H2,1H3,(H,14,15). The van der Waals surface area contributed by atoms with Gasteiger partial charge in [-0.2, -0.15) is 0 Å². The topological polar surface area (TPSA) is 37.3 Å². The number of carboxylic acids is 1. The lowest BCUT2D eigenvalue weighted by Gasteiger charge is -2.13. The van der Waals surface area contributed by atoms with Gasteiger partial charge in [-0.15, -0.1) is 0 Å². The van der Waals surface area contributed by atoms with Gasteiger partial charge in [0.05, 0.1) is 5.92 Å². The predicted octanol–water partition coefficient (Wildman–Crippen LogP) is 3.20. The van der Waals surface area contributed by atoms with Crippen LogP contribution in [0.5, 0.6) is 0 Å². The smallest absolute Gasteiger partial charge is 0.311 e. The first-order valence-electron chi connectivity index (χ1n) is 4.35. The number of hydrogen-bond donors (Lipinski definition) is 1. The molecule has 1 aromatic carbocycles. The number of carbonyl (C=O) groups is 1. The van der Waals surface area contributed by atoms with Crippen LogP contribution in [0.1, 0.15) is 24.8 Å². The number of carboxylic acid groups (broad SMARTS) is 1. The van der Waals surface area contributed by atoms with E-state index in [1.807, 2.05) is 0 Å². The number of rotatable bonds is 3. The molecule has 1 rings (SSSR count). The third kappa shape index (κ3) is 2.26. The average Bonchev–Trinajstić information content (AvgIpc) is 2.18. The number of halogens is 3. The van der Waals surface area contributed by atoms with E-state index in [4.69, 9.17) is 16.7 Å². The molecular weight excluding hydrogens is 226 g/mol. The van der Waals surface area contributed by atoms with Crippen LogP contribution in [0.2, 0.25) is 5.02 Å². The van der Waals surface area contributed by atoms with Crippen molar-refractivity contribution in [3.63, 3.8) is 0 Å². The zero-order chi connectivity index (χ0) is 11.6. The van der Waals surface area contributed by atoms with Gasteiger partial charge in [0, 0.05) is 10.6 Å². The number of hydrogen-bond acceptors (Lipinski definition) is 1. The molecule has 82 valence electrons. The second kappa shape index (κ2) is 4.57. The lowest BCUT2D eigenvalue weighted by molar-refractivity contribution is -0.138. The summed E-state index contributed by atoms with van der Waals surface area (Å²) in [4.78, 5) is 10.8. The highest BCUT2D eigenvalue weighted by molar-refractivity contribution is 6.31. The van der Waals surface area contributed by atoms with Crippen molar-refractivity contribution in [3.8, 4) is 0 Å². The monoisotopic (exact) mass is 234 g/mol. The third-order valence-electron chi connectivity index (χ3n) is 2.13. The van der Waals surface area contributed by atoms with Crippen LogP contribution in [0, 0.1) is 11.6 Å². The van der Waals surface area contributed by atoms with E-state index in [0.29, 0.717) is 0 Å². The maximum absolute atomic E-state index is 13.3. The molecule has 5 heteroatoms. The van der Waals surface area contributed by atoms with E-state index < -0.39 is 23.5 Å². The summed E-state index contributed by atoms with van der Waals surface area (Å²) in [6, 6.07) is 2.02. The predicted molar refractivity (Wildman–Crippen MR) is 52.0 cm³/mol. The van der Waals surface area contributed by atoms with Gasteiger partial charge >= 0.3 is 5.97 Å². The Kier molecular flexibility index (Phi) is 3.63. The van der Waals surface area contributed by atoms with E-state index in [9.17, 15) is 13.6 Å². The largest absolute Gasteiger partial charge is 0.481 e. The zero-order valence-corrected chi connectivity index (χ0v) is 8.68. The van der Waals surface area contributed by atoms with E-state index in [-0.39, 0.29) is 17.0 Å². The molecule has 0 saturated heterocycles. The molecule has 0 radical (unpaired) electrons. The molecule has 1 atom stereocenters. The molecule has 1 N–H and O–H groups in total. The van der Waals surface area contributed by atoms with Crippen molar-refractivity contribution in [1.29, 1.82) is 0 Å². The molecule has 0 amide bonds. The van der Waals surface area contributed by atoms with Crippen LogP contribution < -0.4 is 0 Å². The first-order chi connectivity index (χ1) is 6.99. The van der Waals surface area contributed by atoms with Crippen molar-refractivity contribution in [3.05, 3.63) is 34.4 Å². The van der Waals surface area contributed by atoms with Crippen LogP contribution >= 0.6 is 11.6 Å². The van der Waals surface area contributed by atoms with Gasteiger partial charge in [-0.25, -0.2) is 8.78 Å². The minimum atomic E-state index is -1.22. The molecule has 0 aromatic heterocycles. The summed E-state index contributed by atoms with van der Waals surface area (Å²) in [7, 11) is 0. The van der Waals surface area contributed by atoms with E-state index >= 15 is 0 Å². The summed E-state index contributed by atoms with van der Waals surface area (Å²) >= 11 is 5.65. The van der Waals surface area contributed by atoms with Crippen LogP contribution in [-0.2, 0) is 4.79 Å². The molecule has 0 heterocycles. The van der Waals surface area contributed by atoms with Crippen molar-refractivity contribution in [2.75, 3.05) is 0 Å². The van der Waals surface area contributed by atoms with Crippen molar-refractivity contribution in [2.45, 2.75) is 19.3 Å². The van der Waals surface area contributed by atoms with E-state index in [2.05, 4.69) is 0 Å². The quantitative estimate of drug-likeness (QED) is 0.816. The molecule has 0 aliphatic heterocycles. The van der Waals surface area contributed by atoms with E-state index in [1.54, 1.807) is 6.92 Å². The molecule has 0 spiro atoms. The molecule has 0 bridgehead atoms. The van der Waals surface area contributed by atoms with Crippen molar-refractivity contribution < 1.29 is 18.7 Å². The summed E-state index contributed by atoms with van der Waals surface area (Å²) in [6.45, 7) is 1.57. The molecule has 1 aromatic rings. The fourth-order valence-electron chi connectivity index (χ4n) is 1.36. The molecule has 0 aliphatic carbocycles. The van der Waals surface area contributed by atoms with E-state index in [0.717, 1.165) is 12.1 Å². The highest BCUT2D eigenvalue weighted by atomic mass is 35.5. The molecule has 1 unspecified atom stereocenters. The van der Waals surface area contributed by atoms with Crippen LogP contribution in [0.15, 0.2) is 12.1 Å². The lowest BCUT2D eigenvalue weighted by atomic mass is 9.96. The Morgan fingerprint density at radius 3 is 2.60 bits per heavy atom. The number of aliphatic carboxylic acids is 1. The normalized spacial score (nSPS) is 12.5. The maximum atomic E-state index is 13.3. The van der Waals surface area contributed by atoms with E-state index in [1.165, 1.54) is 0 Å².